The van der Waals surface area contributed by atoms with E-state index in [0.717, 1.165) is 11.3 Å². The lowest BCUT2D eigenvalue weighted by Crippen LogP contribution is -2.26. The molecule has 1 aromatic carbocycles. The number of nitrogens with one attached hydrogen (secondary N) is 1. The summed E-state index contributed by atoms with van der Waals surface area (Å²) in [5.74, 6) is 0.315. The van der Waals surface area contributed by atoms with Crippen LogP contribution in [0.3, 0.4) is 0 Å². The summed E-state index contributed by atoms with van der Waals surface area (Å²) in [7, 11) is 0. The molecule has 0 aromatic heterocycles. The van der Waals surface area contributed by atoms with Crippen molar-refractivity contribution in [3.8, 4) is 5.75 Å². The van der Waals surface area contributed by atoms with Gasteiger partial charge in [-0.25, -0.2) is 0 Å². The van der Waals surface area contributed by atoms with Crippen LogP contribution in [0.2, 0.25) is 0 Å². The second-order valence-electron chi connectivity index (χ2n) is 4.40. The van der Waals surface area contributed by atoms with Gasteiger partial charge in [0.05, 0.1) is 5.69 Å². The Morgan fingerprint density at radius 1 is 1.23 bits per heavy atom. The molecule has 2 heteroatoms. The Balaban J connectivity index is 2.90. The lowest BCUT2D eigenvalue weighted by atomic mass is 10.1. The largest absolute Gasteiger partial charge is 0.506 e. The molecule has 1 rings (SSSR count). The van der Waals surface area contributed by atoms with E-state index in [0.29, 0.717) is 5.75 Å². The average molecular weight is 179 g/mol. The third-order valence-corrected chi connectivity index (χ3v) is 1.66. The van der Waals surface area contributed by atoms with Crippen LogP contribution in [0.5, 0.6) is 5.75 Å². The number of anilines is 1. The van der Waals surface area contributed by atoms with E-state index in [2.05, 4.69) is 26.1 Å². The molecule has 0 saturated heterocycles. The van der Waals surface area contributed by atoms with E-state index >= 15 is 0 Å². The molecule has 0 heterocycles. The van der Waals surface area contributed by atoms with Crippen molar-refractivity contribution in [2.24, 2.45) is 0 Å². The van der Waals surface area contributed by atoms with E-state index in [-0.39, 0.29) is 5.54 Å². The molecule has 0 radical (unpaired) electrons. The van der Waals surface area contributed by atoms with Gasteiger partial charge in [0, 0.05) is 5.54 Å². The molecule has 0 bridgehead atoms. The third kappa shape index (κ3) is 2.98. The summed E-state index contributed by atoms with van der Waals surface area (Å²) in [5.41, 5.74) is 1.84. The van der Waals surface area contributed by atoms with Gasteiger partial charge in [0.1, 0.15) is 5.75 Å². The Bertz CT molecular complexity index is 299. The molecule has 0 unspecified atom stereocenters. The van der Waals surface area contributed by atoms with Crippen LogP contribution in [-0.4, -0.2) is 10.6 Å². The maximum atomic E-state index is 9.59. The van der Waals surface area contributed by atoms with Gasteiger partial charge >= 0.3 is 0 Å². The van der Waals surface area contributed by atoms with Crippen molar-refractivity contribution in [3.63, 3.8) is 0 Å². The first-order chi connectivity index (χ1) is 5.88. The molecule has 1 aromatic rings. The monoisotopic (exact) mass is 179 g/mol. The van der Waals surface area contributed by atoms with Crippen LogP contribution in [0.4, 0.5) is 5.69 Å². The summed E-state index contributed by atoms with van der Waals surface area (Å²) in [6.07, 6.45) is 0. The van der Waals surface area contributed by atoms with Gasteiger partial charge in [-0.05, 0) is 45.4 Å². The zero-order valence-electron chi connectivity index (χ0n) is 8.68. The van der Waals surface area contributed by atoms with Crippen LogP contribution in [0.15, 0.2) is 18.2 Å². The number of aromatic hydroxyl groups is 1. The number of rotatable bonds is 1. The summed E-state index contributed by atoms with van der Waals surface area (Å²) < 4.78 is 0. The Labute approximate surface area is 79.6 Å². The maximum absolute atomic E-state index is 9.59. The number of hydrogen-bond acceptors (Lipinski definition) is 2. The minimum absolute atomic E-state index is 0.0211. The first kappa shape index (κ1) is 9.90. The molecule has 13 heavy (non-hydrogen) atoms. The van der Waals surface area contributed by atoms with Crippen molar-refractivity contribution in [2.75, 3.05) is 5.32 Å². The minimum atomic E-state index is -0.0211. The molecule has 0 aliphatic heterocycles. The lowest BCUT2D eigenvalue weighted by molar-refractivity contribution is 0.474. The van der Waals surface area contributed by atoms with Crippen molar-refractivity contribution >= 4 is 5.69 Å². The molecule has 2 nitrogen and oxygen atoms in total. The number of phenols is 1. The van der Waals surface area contributed by atoms with E-state index in [1.165, 1.54) is 0 Å². The number of phenolic OH excluding ortho intramolecular Hbond substituents is 1. The standard InChI is InChI=1S/C11H17NO/c1-8-5-6-9(10(13)7-8)12-11(2,3)4/h5-7,12-13H,1-4H3. The Morgan fingerprint density at radius 3 is 2.31 bits per heavy atom. The highest BCUT2D eigenvalue weighted by Gasteiger charge is 2.11. The zero-order chi connectivity index (χ0) is 10.1. The van der Waals surface area contributed by atoms with Crippen molar-refractivity contribution in [2.45, 2.75) is 33.2 Å². The second kappa shape index (κ2) is 3.29. The maximum Gasteiger partial charge on any atom is 0.138 e. The fourth-order valence-corrected chi connectivity index (χ4v) is 1.15. The van der Waals surface area contributed by atoms with Gasteiger partial charge in [-0.15, -0.1) is 0 Å². The first-order valence-corrected chi connectivity index (χ1v) is 4.46. The van der Waals surface area contributed by atoms with Crippen LogP contribution < -0.4 is 5.32 Å². The quantitative estimate of drug-likeness (QED) is 0.650. The van der Waals surface area contributed by atoms with E-state index in [1.807, 2.05) is 19.1 Å². The van der Waals surface area contributed by atoms with Crippen LogP contribution in [0, 0.1) is 6.92 Å². The molecule has 0 spiro atoms. The summed E-state index contributed by atoms with van der Waals surface area (Å²) >= 11 is 0. The van der Waals surface area contributed by atoms with Crippen molar-refractivity contribution in [1.29, 1.82) is 0 Å². The highest BCUT2D eigenvalue weighted by Crippen LogP contribution is 2.26. The predicted octanol–water partition coefficient (Wildman–Crippen LogP) is 2.91. The molecule has 0 aliphatic carbocycles. The topological polar surface area (TPSA) is 32.3 Å². The van der Waals surface area contributed by atoms with Gasteiger partial charge < -0.3 is 10.4 Å². The fraction of sp³-hybridized carbons (Fsp3) is 0.455. The van der Waals surface area contributed by atoms with Gasteiger partial charge in [0.25, 0.3) is 0 Å². The minimum Gasteiger partial charge on any atom is -0.506 e. The van der Waals surface area contributed by atoms with Crippen molar-refractivity contribution < 1.29 is 5.11 Å². The molecule has 0 atom stereocenters. The van der Waals surface area contributed by atoms with Gasteiger partial charge in [0.2, 0.25) is 0 Å². The highest BCUT2D eigenvalue weighted by molar-refractivity contribution is 5.57. The summed E-state index contributed by atoms with van der Waals surface area (Å²) in [4.78, 5) is 0. The average Bonchev–Trinajstić information content (AvgIpc) is 1.93. The fourth-order valence-electron chi connectivity index (χ4n) is 1.15. The van der Waals surface area contributed by atoms with Gasteiger partial charge in [-0.2, -0.15) is 0 Å². The third-order valence-electron chi connectivity index (χ3n) is 1.66. The van der Waals surface area contributed by atoms with E-state index in [9.17, 15) is 5.11 Å². The normalized spacial score (nSPS) is 11.4. The van der Waals surface area contributed by atoms with E-state index < -0.39 is 0 Å². The molecule has 72 valence electrons. The van der Waals surface area contributed by atoms with E-state index in [1.54, 1.807) is 6.07 Å². The van der Waals surface area contributed by atoms with Crippen molar-refractivity contribution in [3.05, 3.63) is 23.8 Å². The molecule has 0 saturated carbocycles. The van der Waals surface area contributed by atoms with E-state index in [4.69, 9.17) is 0 Å². The smallest absolute Gasteiger partial charge is 0.138 e. The van der Waals surface area contributed by atoms with Gasteiger partial charge in [0.15, 0.2) is 0 Å². The lowest BCUT2D eigenvalue weighted by Gasteiger charge is -2.22. The number of benzene rings is 1. The van der Waals surface area contributed by atoms with Gasteiger partial charge in [-0.1, -0.05) is 6.07 Å². The molecule has 0 amide bonds. The Hall–Kier alpha value is -1.18. The zero-order valence-corrected chi connectivity index (χ0v) is 8.68. The SMILES string of the molecule is Cc1ccc(NC(C)(C)C)c(O)c1. The van der Waals surface area contributed by atoms with Crippen molar-refractivity contribution in [1.82, 2.24) is 0 Å². The van der Waals surface area contributed by atoms with Crippen LogP contribution in [0.25, 0.3) is 0 Å². The van der Waals surface area contributed by atoms with Crippen LogP contribution in [0.1, 0.15) is 26.3 Å². The van der Waals surface area contributed by atoms with Gasteiger partial charge in [-0.3, -0.25) is 0 Å². The van der Waals surface area contributed by atoms with Crippen LogP contribution in [-0.2, 0) is 0 Å². The van der Waals surface area contributed by atoms with Crippen LogP contribution >= 0.6 is 0 Å². The molecule has 0 aliphatic rings. The Morgan fingerprint density at radius 2 is 1.85 bits per heavy atom. The molecular formula is C11H17NO. The highest BCUT2D eigenvalue weighted by atomic mass is 16.3. The number of aryl methyl sites for hydroxylation is 1. The summed E-state index contributed by atoms with van der Waals surface area (Å²) in [6.45, 7) is 8.14. The summed E-state index contributed by atoms with van der Waals surface area (Å²) in [6, 6.07) is 5.64. The first-order valence-electron chi connectivity index (χ1n) is 4.46. The second-order valence-corrected chi connectivity index (χ2v) is 4.40. The molecular weight excluding hydrogens is 162 g/mol. The number of hydrogen-bond donors (Lipinski definition) is 2. The summed E-state index contributed by atoms with van der Waals surface area (Å²) in [5, 5.41) is 12.8. The molecule has 0 fully saturated rings. The molecule has 2 N–H and O–H groups in total. The predicted molar refractivity (Wildman–Crippen MR) is 56.2 cm³/mol. The Kier molecular flexibility index (Phi) is 2.50.